The van der Waals surface area contributed by atoms with Crippen molar-refractivity contribution < 1.29 is 19.0 Å². The van der Waals surface area contributed by atoms with E-state index in [0.29, 0.717) is 23.9 Å². The van der Waals surface area contributed by atoms with Crippen molar-refractivity contribution in [2.24, 2.45) is 5.10 Å². The Labute approximate surface area is 199 Å². The van der Waals surface area contributed by atoms with Crippen LogP contribution in [-0.2, 0) is 11.2 Å². The second kappa shape index (κ2) is 14.5. The van der Waals surface area contributed by atoms with Crippen molar-refractivity contribution in [3.63, 3.8) is 0 Å². The lowest BCUT2D eigenvalue weighted by atomic mass is 10.1. The van der Waals surface area contributed by atoms with E-state index in [-0.39, 0.29) is 12.5 Å². The molecule has 0 aromatic heterocycles. The predicted molar refractivity (Wildman–Crippen MR) is 132 cm³/mol. The maximum Gasteiger partial charge on any atom is 0.277 e. The normalized spacial score (nSPS) is 10.9. The summed E-state index contributed by atoms with van der Waals surface area (Å²) in [5.74, 6) is 1.62. The van der Waals surface area contributed by atoms with E-state index < -0.39 is 0 Å². The fourth-order valence-electron chi connectivity index (χ4n) is 3.05. The number of carbonyl (C=O) groups excluding carboxylic acids is 1. The summed E-state index contributed by atoms with van der Waals surface area (Å²) >= 11 is 3.49. The molecule has 6 nitrogen and oxygen atoms in total. The van der Waals surface area contributed by atoms with Gasteiger partial charge in [-0.15, -0.1) is 0 Å². The lowest BCUT2D eigenvalue weighted by Crippen LogP contribution is -2.24. The zero-order valence-electron chi connectivity index (χ0n) is 19.2. The van der Waals surface area contributed by atoms with Crippen molar-refractivity contribution >= 4 is 28.1 Å². The van der Waals surface area contributed by atoms with Gasteiger partial charge in [0.1, 0.15) is 5.75 Å². The third-order valence-corrected chi connectivity index (χ3v) is 5.36. The third kappa shape index (κ3) is 8.91. The van der Waals surface area contributed by atoms with E-state index in [1.807, 2.05) is 36.4 Å². The molecule has 0 bridgehead atoms. The van der Waals surface area contributed by atoms with Gasteiger partial charge in [-0.2, -0.15) is 5.10 Å². The highest BCUT2D eigenvalue weighted by molar-refractivity contribution is 9.10. The molecule has 0 atom stereocenters. The summed E-state index contributed by atoms with van der Waals surface area (Å²) in [7, 11) is 1.60. The highest BCUT2D eigenvalue weighted by Crippen LogP contribution is 2.28. The standard InChI is InChI=1S/C25H33BrN2O4/c1-4-6-7-8-14-31-23-13-11-20(16-24(23)30-3)17-27-28-25(29)18-32-22-12-10-19(9-5-2)15-21(22)26/h10-13,15-17H,4-9,14,18H2,1-3H3,(H,28,29)/b27-17+. The van der Waals surface area contributed by atoms with Crippen LogP contribution in [0.2, 0.25) is 0 Å². The highest BCUT2D eigenvalue weighted by Gasteiger charge is 2.07. The number of aryl methyl sites for hydroxylation is 1. The van der Waals surface area contributed by atoms with Crippen LogP contribution in [0.3, 0.4) is 0 Å². The van der Waals surface area contributed by atoms with Gasteiger partial charge in [-0.05, 0) is 70.2 Å². The number of rotatable bonds is 14. The molecule has 2 rings (SSSR count). The predicted octanol–water partition coefficient (Wildman–Crippen LogP) is 5.90. The Morgan fingerprint density at radius 2 is 1.81 bits per heavy atom. The average Bonchev–Trinajstić information content (AvgIpc) is 2.79. The zero-order valence-corrected chi connectivity index (χ0v) is 20.7. The minimum Gasteiger partial charge on any atom is -0.493 e. The minimum atomic E-state index is -0.343. The van der Waals surface area contributed by atoms with Gasteiger partial charge in [-0.1, -0.05) is 45.6 Å². The Balaban J connectivity index is 1.82. The first-order valence-electron chi connectivity index (χ1n) is 11.1. The molecule has 2 aromatic rings. The van der Waals surface area contributed by atoms with Crippen LogP contribution in [0.4, 0.5) is 0 Å². The summed E-state index contributed by atoms with van der Waals surface area (Å²) in [4.78, 5) is 12.0. The van der Waals surface area contributed by atoms with Crippen molar-refractivity contribution in [2.45, 2.75) is 52.4 Å². The van der Waals surface area contributed by atoms with E-state index in [0.717, 1.165) is 35.7 Å². The van der Waals surface area contributed by atoms with Gasteiger partial charge < -0.3 is 14.2 Å². The lowest BCUT2D eigenvalue weighted by molar-refractivity contribution is -0.123. The molecule has 32 heavy (non-hydrogen) atoms. The smallest absolute Gasteiger partial charge is 0.277 e. The van der Waals surface area contributed by atoms with E-state index in [4.69, 9.17) is 14.2 Å². The average molecular weight is 505 g/mol. The van der Waals surface area contributed by atoms with Crippen LogP contribution in [-0.4, -0.2) is 32.4 Å². The number of nitrogens with zero attached hydrogens (tertiary/aromatic N) is 1. The van der Waals surface area contributed by atoms with E-state index in [2.05, 4.69) is 40.3 Å². The summed E-state index contributed by atoms with van der Waals surface area (Å²) < 4.78 is 17.6. The van der Waals surface area contributed by atoms with Gasteiger partial charge in [0.15, 0.2) is 18.1 Å². The van der Waals surface area contributed by atoms with E-state index in [1.54, 1.807) is 13.3 Å². The fraction of sp³-hybridized carbons (Fsp3) is 0.440. The Morgan fingerprint density at radius 1 is 1.00 bits per heavy atom. The van der Waals surface area contributed by atoms with Gasteiger partial charge in [0, 0.05) is 0 Å². The molecule has 0 unspecified atom stereocenters. The molecule has 0 saturated carbocycles. The molecule has 0 fully saturated rings. The zero-order chi connectivity index (χ0) is 23.2. The van der Waals surface area contributed by atoms with E-state index >= 15 is 0 Å². The maximum atomic E-state index is 12.0. The van der Waals surface area contributed by atoms with Crippen LogP contribution in [0, 0.1) is 0 Å². The Hall–Kier alpha value is -2.54. The first-order chi connectivity index (χ1) is 15.6. The molecule has 0 aliphatic carbocycles. The second-order valence-electron chi connectivity index (χ2n) is 7.42. The molecule has 7 heteroatoms. The second-order valence-corrected chi connectivity index (χ2v) is 8.27. The molecule has 0 spiro atoms. The molecule has 1 N–H and O–H groups in total. The minimum absolute atomic E-state index is 0.128. The van der Waals surface area contributed by atoms with Gasteiger partial charge in [-0.25, -0.2) is 5.43 Å². The van der Waals surface area contributed by atoms with Crippen molar-refractivity contribution in [3.8, 4) is 17.2 Å². The van der Waals surface area contributed by atoms with Crippen molar-refractivity contribution in [1.82, 2.24) is 5.43 Å². The number of nitrogens with one attached hydrogen (secondary N) is 1. The number of methoxy groups -OCH3 is 1. The van der Waals surface area contributed by atoms with Crippen LogP contribution < -0.4 is 19.6 Å². The first kappa shape index (κ1) is 25.7. The molecular weight excluding hydrogens is 472 g/mol. The quantitative estimate of drug-likeness (QED) is 0.197. The summed E-state index contributed by atoms with van der Waals surface area (Å²) in [5.41, 5.74) is 4.49. The number of hydrogen-bond donors (Lipinski definition) is 1. The Bertz CT molecular complexity index is 886. The summed E-state index contributed by atoms with van der Waals surface area (Å²) in [6.45, 7) is 4.86. The van der Waals surface area contributed by atoms with Gasteiger partial charge in [0.05, 0.1) is 24.4 Å². The van der Waals surface area contributed by atoms with Crippen molar-refractivity contribution in [3.05, 3.63) is 52.0 Å². The topological polar surface area (TPSA) is 69.2 Å². The van der Waals surface area contributed by atoms with Gasteiger partial charge in [0.25, 0.3) is 5.91 Å². The summed E-state index contributed by atoms with van der Waals surface area (Å²) in [5, 5.41) is 4.00. The summed E-state index contributed by atoms with van der Waals surface area (Å²) in [6.07, 6.45) is 8.24. The number of ether oxygens (including phenoxy) is 3. The molecule has 0 heterocycles. The number of benzene rings is 2. The number of carbonyl (C=O) groups is 1. The molecule has 2 aromatic carbocycles. The van der Waals surface area contributed by atoms with Crippen LogP contribution in [0.1, 0.15) is 57.1 Å². The monoisotopic (exact) mass is 504 g/mol. The molecule has 1 amide bonds. The molecule has 0 aliphatic rings. The number of halogens is 1. The molecular formula is C25H33BrN2O4. The lowest BCUT2D eigenvalue weighted by Gasteiger charge is -2.11. The molecule has 0 saturated heterocycles. The van der Waals surface area contributed by atoms with Crippen LogP contribution in [0.25, 0.3) is 0 Å². The summed E-state index contributed by atoms with van der Waals surface area (Å²) in [6, 6.07) is 11.4. The third-order valence-electron chi connectivity index (χ3n) is 4.74. The Kier molecular flexibility index (Phi) is 11.7. The highest BCUT2D eigenvalue weighted by atomic mass is 79.9. The SMILES string of the molecule is CCCCCCOc1ccc(/C=N/NC(=O)COc2ccc(CCC)cc2Br)cc1OC. The Morgan fingerprint density at radius 3 is 2.53 bits per heavy atom. The number of amides is 1. The van der Waals surface area contributed by atoms with E-state index in [1.165, 1.54) is 18.4 Å². The van der Waals surface area contributed by atoms with Gasteiger partial charge >= 0.3 is 0 Å². The number of hydrogen-bond acceptors (Lipinski definition) is 5. The van der Waals surface area contributed by atoms with Crippen LogP contribution >= 0.6 is 15.9 Å². The molecule has 0 radical (unpaired) electrons. The van der Waals surface area contributed by atoms with Crippen molar-refractivity contribution in [1.29, 1.82) is 0 Å². The number of hydrazone groups is 1. The first-order valence-corrected chi connectivity index (χ1v) is 11.9. The maximum absolute atomic E-state index is 12.0. The van der Waals surface area contributed by atoms with Crippen LogP contribution in [0.5, 0.6) is 17.2 Å². The van der Waals surface area contributed by atoms with Crippen molar-refractivity contribution in [2.75, 3.05) is 20.3 Å². The molecule has 0 aliphatic heterocycles. The number of unbranched alkanes of at least 4 members (excludes halogenated alkanes) is 3. The van der Waals surface area contributed by atoms with Crippen LogP contribution in [0.15, 0.2) is 46.0 Å². The van der Waals surface area contributed by atoms with E-state index in [9.17, 15) is 4.79 Å². The largest absolute Gasteiger partial charge is 0.493 e. The van der Waals surface area contributed by atoms with Gasteiger partial charge in [0.2, 0.25) is 0 Å². The molecule has 174 valence electrons. The van der Waals surface area contributed by atoms with Gasteiger partial charge in [-0.3, -0.25) is 4.79 Å². The fourth-order valence-corrected chi connectivity index (χ4v) is 3.60.